The van der Waals surface area contributed by atoms with Gasteiger partial charge in [0.05, 0.1) is 25.7 Å². The van der Waals surface area contributed by atoms with E-state index in [9.17, 15) is 13.2 Å². The van der Waals surface area contributed by atoms with Gasteiger partial charge in [0.25, 0.3) is 0 Å². The van der Waals surface area contributed by atoms with Crippen molar-refractivity contribution in [1.82, 2.24) is 4.31 Å². The number of sulfonamides is 1. The largest absolute Gasteiger partial charge is 0.493 e. The number of ether oxygens (including phenoxy) is 2. The number of fused-ring (bicyclic) bond motifs is 1. The number of hydrogen-bond donors (Lipinski definition) is 0. The van der Waals surface area contributed by atoms with Crippen LogP contribution in [0.4, 0.5) is 5.69 Å². The molecule has 0 radical (unpaired) electrons. The van der Waals surface area contributed by atoms with Crippen molar-refractivity contribution in [2.45, 2.75) is 62.4 Å². The van der Waals surface area contributed by atoms with Crippen molar-refractivity contribution in [3.8, 4) is 11.5 Å². The molecule has 1 aliphatic heterocycles. The lowest BCUT2D eigenvalue weighted by atomic mass is 9.95. The highest BCUT2D eigenvalue weighted by molar-refractivity contribution is 7.89. The Labute approximate surface area is 196 Å². The van der Waals surface area contributed by atoms with Gasteiger partial charge in [-0.25, -0.2) is 8.42 Å². The van der Waals surface area contributed by atoms with Crippen LogP contribution in [0.5, 0.6) is 11.5 Å². The van der Waals surface area contributed by atoms with Gasteiger partial charge in [-0.2, -0.15) is 4.31 Å². The summed E-state index contributed by atoms with van der Waals surface area (Å²) in [5.41, 5.74) is 1.99. The Bertz CT molecular complexity index is 1110. The van der Waals surface area contributed by atoms with Crippen LogP contribution in [-0.2, 0) is 21.2 Å². The second-order valence-corrected chi connectivity index (χ2v) is 10.7. The quantitative estimate of drug-likeness (QED) is 0.609. The predicted molar refractivity (Wildman–Crippen MR) is 127 cm³/mol. The smallest absolute Gasteiger partial charge is 0.243 e. The molecule has 1 amide bonds. The minimum Gasteiger partial charge on any atom is -0.493 e. The van der Waals surface area contributed by atoms with Gasteiger partial charge in [0.1, 0.15) is 0 Å². The number of carbonyl (C=O) groups excluding carboxylic acids is 1. The molecule has 0 spiro atoms. The molecule has 1 fully saturated rings. The fourth-order valence-corrected chi connectivity index (χ4v) is 6.70. The van der Waals surface area contributed by atoms with Crippen molar-refractivity contribution in [1.29, 1.82) is 0 Å². The van der Waals surface area contributed by atoms with E-state index in [1.165, 1.54) is 30.7 Å². The number of carbonyl (C=O) groups is 1. The molecule has 1 saturated carbocycles. The second-order valence-electron chi connectivity index (χ2n) is 8.80. The van der Waals surface area contributed by atoms with Crippen LogP contribution in [0.3, 0.4) is 0 Å². The molecule has 0 saturated heterocycles. The van der Waals surface area contributed by atoms with E-state index in [1.807, 2.05) is 31.2 Å². The number of para-hydroxylation sites is 1. The van der Waals surface area contributed by atoms with E-state index in [-0.39, 0.29) is 29.4 Å². The van der Waals surface area contributed by atoms with Crippen LogP contribution in [0.25, 0.3) is 0 Å². The Morgan fingerprint density at radius 1 is 1.03 bits per heavy atom. The average Bonchev–Trinajstić information content (AvgIpc) is 3.18. The maximum absolute atomic E-state index is 13.8. The van der Waals surface area contributed by atoms with Crippen molar-refractivity contribution >= 4 is 21.6 Å². The van der Waals surface area contributed by atoms with Gasteiger partial charge < -0.3 is 14.4 Å². The highest BCUT2D eigenvalue weighted by atomic mass is 32.2. The fraction of sp³-hybridized carbons (Fsp3) is 0.480. The van der Waals surface area contributed by atoms with Crippen LogP contribution < -0.4 is 14.4 Å². The Morgan fingerprint density at radius 3 is 2.42 bits per heavy atom. The Balaban J connectivity index is 1.68. The summed E-state index contributed by atoms with van der Waals surface area (Å²) >= 11 is 0. The second kappa shape index (κ2) is 9.73. The minimum absolute atomic E-state index is 0.00751. The van der Waals surface area contributed by atoms with Gasteiger partial charge >= 0.3 is 0 Å². The zero-order chi connectivity index (χ0) is 23.6. The first-order valence-corrected chi connectivity index (χ1v) is 12.9. The number of amides is 1. The summed E-state index contributed by atoms with van der Waals surface area (Å²) in [5.74, 6) is 0.608. The molecule has 0 unspecified atom stereocenters. The summed E-state index contributed by atoms with van der Waals surface area (Å²) in [5, 5.41) is 0. The van der Waals surface area contributed by atoms with Gasteiger partial charge in [0, 0.05) is 23.8 Å². The van der Waals surface area contributed by atoms with Crippen molar-refractivity contribution < 1.29 is 22.7 Å². The van der Waals surface area contributed by atoms with Crippen LogP contribution in [0.15, 0.2) is 47.4 Å². The lowest BCUT2D eigenvalue weighted by Gasteiger charge is -2.34. The van der Waals surface area contributed by atoms with Crippen LogP contribution >= 0.6 is 0 Å². The molecule has 1 heterocycles. The molecule has 0 aromatic heterocycles. The van der Waals surface area contributed by atoms with Crippen LogP contribution in [0, 0.1) is 0 Å². The zero-order valence-corrected chi connectivity index (χ0v) is 20.3. The summed E-state index contributed by atoms with van der Waals surface area (Å²) in [6.45, 7) is 1.83. The molecule has 1 atom stereocenters. The third-order valence-corrected chi connectivity index (χ3v) is 8.60. The Kier molecular flexibility index (Phi) is 6.95. The van der Waals surface area contributed by atoms with E-state index in [2.05, 4.69) is 0 Å². The monoisotopic (exact) mass is 472 g/mol. The van der Waals surface area contributed by atoms with Crippen molar-refractivity contribution in [2.75, 3.05) is 25.7 Å². The van der Waals surface area contributed by atoms with Gasteiger partial charge in [-0.15, -0.1) is 0 Å². The lowest BCUT2D eigenvalue weighted by Crippen LogP contribution is -2.49. The van der Waals surface area contributed by atoms with Crippen LogP contribution in [-0.4, -0.2) is 51.5 Å². The first-order chi connectivity index (χ1) is 15.9. The molecule has 0 bridgehead atoms. The van der Waals surface area contributed by atoms with E-state index >= 15 is 0 Å². The summed E-state index contributed by atoms with van der Waals surface area (Å²) in [6.07, 6.45) is 5.29. The van der Waals surface area contributed by atoms with Crippen molar-refractivity contribution in [3.63, 3.8) is 0 Å². The molecular weight excluding hydrogens is 440 g/mol. The van der Waals surface area contributed by atoms with E-state index in [4.69, 9.17) is 9.47 Å². The van der Waals surface area contributed by atoms with Gasteiger partial charge in [0.15, 0.2) is 11.5 Å². The number of rotatable bonds is 7. The average molecular weight is 473 g/mol. The molecule has 33 heavy (non-hydrogen) atoms. The normalized spacial score (nSPS) is 18.9. The summed E-state index contributed by atoms with van der Waals surface area (Å²) < 4.78 is 39.7. The number of nitrogens with zero attached hydrogens (tertiary/aromatic N) is 2. The number of anilines is 1. The maximum atomic E-state index is 13.8. The standard InChI is InChI=1S/C25H32N2O5S/c1-18-15-19-9-7-8-12-22(19)27(18)25(28)17-26(20-10-5-4-6-11-20)33(29,30)21-13-14-23(31-2)24(16-21)32-3/h7-9,12-14,16,18,20H,4-6,10-11,15,17H2,1-3H3/t18-/m1/s1. The number of hydrogen-bond acceptors (Lipinski definition) is 5. The third-order valence-electron chi connectivity index (χ3n) is 6.71. The SMILES string of the molecule is COc1ccc(S(=O)(=O)N(CC(=O)N2c3ccccc3C[C@H]2C)C2CCCCC2)cc1OC. The summed E-state index contributed by atoms with van der Waals surface area (Å²) in [6, 6.07) is 12.2. The highest BCUT2D eigenvalue weighted by Gasteiger charge is 2.38. The predicted octanol–water partition coefficient (Wildman–Crippen LogP) is 4.01. The fourth-order valence-electron chi connectivity index (χ4n) is 5.05. The van der Waals surface area contributed by atoms with Crippen molar-refractivity contribution in [2.24, 2.45) is 0 Å². The zero-order valence-electron chi connectivity index (χ0n) is 19.5. The van der Waals surface area contributed by atoms with Crippen LogP contribution in [0.1, 0.15) is 44.6 Å². The molecular formula is C25H32N2O5S. The summed E-state index contributed by atoms with van der Waals surface area (Å²) in [7, 11) is -0.944. The topological polar surface area (TPSA) is 76.2 Å². The summed E-state index contributed by atoms with van der Waals surface area (Å²) in [4.78, 5) is 15.4. The Morgan fingerprint density at radius 2 is 1.73 bits per heavy atom. The molecule has 178 valence electrons. The lowest BCUT2D eigenvalue weighted by molar-refractivity contribution is -0.119. The van der Waals surface area contributed by atoms with E-state index in [0.29, 0.717) is 11.5 Å². The van der Waals surface area contributed by atoms with E-state index in [0.717, 1.165) is 49.8 Å². The molecule has 2 aromatic carbocycles. The first kappa shape index (κ1) is 23.6. The molecule has 0 N–H and O–H groups in total. The third kappa shape index (κ3) is 4.59. The Hall–Kier alpha value is -2.58. The molecule has 2 aliphatic rings. The van der Waals surface area contributed by atoms with E-state index < -0.39 is 10.0 Å². The maximum Gasteiger partial charge on any atom is 0.243 e. The van der Waals surface area contributed by atoms with E-state index in [1.54, 1.807) is 11.0 Å². The molecule has 8 heteroatoms. The molecule has 1 aliphatic carbocycles. The van der Waals surface area contributed by atoms with Gasteiger partial charge in [0.2, 0.25) is 15.9 Å². The number of benzene rings is 2. The molecule has 2 aromatic rings. The van der Waals surface area contributed by atoms with Gasteiger partial charge in [-0.1, -0.05) is 37.5 Å². The van der Waals surface area contributed by atoms with Gasteiger partial charge in [-0.05, 0) is 49.9 Å². The van der Waals surface area contributed by atoms with Crippen molar-refractivity contribution in [3.05, 3.63) is 48.0 Å². The minimum atomic E-state index is -3.93. The first-order valence-electron chi connectivity index (χ1n) is 11.5. The van der Waals surface area contributed by atoms with Gasteiger partial charge in [-0.3, -0.25) is 4.79 Å². The molecule has 4 rings (SSSR count). The highest BCUT2D eigenvalue weighted by Crippen LogP contribution is 2.35. The van der Waals surface area contributed by atoms with Crippen LogP contribution in [0.2, 0.25) is 0 Å². The molecule has 7 nitrogen and oxygen atoms in total. The number of methoxy groups -OCH3 is 2.